The lowest BCUT2D eigenvalue weighted by Crippen LogP contribution is -2.38. The molecule has 6 heteroatoms. The molecule has 0 aliphatic heterocycles. The summed E-state index contributed by atoms with van der Waals surface area (Å²) in [6, 6.07) is 0. The van der Waals surface area contributed by atoms with Crippen LogP contribution in [-0.4, -0.2) is 62.3 Å². The largest absolute Gasteiger partial charge is 0.480 e. The van der Waals surface area contributed by atoms with Gasteiger partial charge >= 0.3 is 5.97 Å². The number of methoxy groups -OCH3 is 1. The number of rotatable bonds is 9. The minimum atomic E-state index is -1.00. The van der Waals surface area contributed by atoms with E-state index in [4.69, 9.17) is 9.84 Å². The number of carbonyl (C=O) groups is 2. The maximum absolute atomic E-state index is 11.6. The van der Waals surface area contributed by atoms with Crippen LogP contribution in [0.15, 0.2) is 0 Å². The molecule has 0 radical (unpaired) electrons. The average Bonchev–Trinajstić information content (AvgIpc) is 2.23. The lowest BCUT2D eigenvalue weighted by atomic mass is 10.2. The van der Waals surface area contributed by atoms with Gasteiger partial charge in [0.2, 0.25) is 5.91 Å². The Labute approximate surface area is 95.6 Å². The summed E-state index contributed by atoms with van der Waals surface area (Å²) in [5, 5.41) is 11.6. The Hall–Kier alpha value is -1.14. The zero-order valence-corrected chi connectivity index (χ0v) is 9.86. The minimum absolute atomic E-state index is 0.144. The molecule has 0 fully saturated rings. The van der Waals surface area contributed by atoms with E-state index in [0.29, 0.717) is 26.0 Å². The quantitative estimate of drug-likeness (QED) is 0.526. The minimum Gasteiger partial charge on any atom is -0.480 e. The highest BCUT2D eigenvalue weighted by Gasteiger charge is 2.15. The van der Waals surface area contributed by atoms with Crippen LogP contribution in [-0.2, 0) is 14.3 Å². The third-order valence-corrected chi connectivity index (χ3v) is 2.06. The molecule has 0 bridgehead atoms. The third kappa shape index (κ3) is 7.19. The van der Waals surface area contributed by atoms with Gasteiger partial charge in [-0.3, -0.25) is 9.59 Å². The SMILES string of the molecule is CNCCCC(=O)N(CCOC)CC(=O)O. The van der Waals surface area contributed by atoms with Gasteiger partial charge in [0.25, 0.3) is 0 Å². The molecule has 0 heterocycles. The molecule has 0 aliphatic carbocycles. The standard InChI is InChI=1S/C10H20N2O4/c1-11-5-3-4-9(13)12(6-7-16-2)8-10(14)15/h11H,3-8H2,1-2H3,(H,14,15). The molecule has 1 amide bonds. The van der Waals surface area contributed by atoms with Gasteiger partial charge in [-0.1, -0.05) is 0 Å². The highest BCUT2D eigenvalue weighted by atomic mass is 16.5. The topological polar surface area (TPSA) is 78.9 Å². The van der Waals surface area contributed by atoms with Gasteiger partial charge in [-0.05, 0) is 20.0 Å². The highest BCUT2D eigenvalue weighted by Crippen LogP contribution is 1.98. The van der Waals surface area contributed by atoms with Gasteiger partial charge in [-0.2, -0.15) is 0 Å². The molecule has 2 N–H and O–H groups in total. The summed E-state index contributed by atoms with van der Waals surface area (Å²) in [7, 11) is 3.33. The van der Waals surface area contributed by atoms with Crippen LogP contribution in [0.1, 0.15) is 12.8 Å². The van der Waals surface area contributed by atoms with Crippen LogP contribution in [0.5, 0.6) is 0 Å². The van der Waals surface area contributed by atoms with E-state index in [9.17, 15) is 9.59 Å². The van der Waals surface area contributed by atoms with Crippen molar-refractivity contribution in [3.63, 3.8) is 0 Å². The van der Waals surface area contributed by atoms with Gasteiger partial charge in [0, 0.05) is 20.1 Å². The fraction of sp³-hybridized carbons (Fsp3) is 0.800. The lowest BCUT2D eigenvalue weighted by molar-refractivity contribution is -0.144. The van der Waals surface area contributed by atoms with Crippen molar-refractivity contribution in [3.8, 4) is 0 Å². The molecular formula is C10H20N2O4. The Morgan fingerprint density at radius 1 is 1.44 bits per heavy atom. The summed E-state index contributed by atoms with van der Waals surface area (Å²) < 4.78 is 4.83. The van der Waals surface area contributed by atoms with Crippen molar-refractivity contribution in [2.24, 2.45) is 0 Å². The van der Waals surface area contributed by atoms with Gasteiger partial charge in [0.1, 0.15) is 6.54 Å². The number of carbonyl (C=O) groups excluding carboxylic acids is 1. The van der Waals surface area contributed by atoms with Crippen molar-refractivity contribution >= 4 is 11.9 Å². The predicted molar refractivity (Wildman–Crippen MR) is 59.3 cm³/mol. The van der Waals surface area contributed by atoms with Crippen molar-refractivity contribution in [2.75, 3.05) is 40.4 Å². The number of carboxylic acid groups (broad SMARTS) is 1. The van der Waals surface area contributed by atoms with Crippen LogP contribution in [0, 0.1) is 0 Å². The summed E-state index contributed by atoms with van der Waals surface area (Å²) in [4.78, 5) is 23.5. The fourth-order valence-corrected chi connectivity index (χ4v) is 1.23. The Balaban J connectivity index is 4.04. The average molecular weight is 232 g/mol. The number of hydrogen-bond acceptors (Lipinski definition) is 4. The van der Waals surface area contributed by atoms with E-state index in [1.54, 1.807) is 0 Å². The second kappa shape index (κ2) is 9.11. The van der Waals surface area contributed by atoms with Crippen molar-refractivity contribution in [3.05, 3.63) is 0 Å². The first kappa shape index (κ1) is 14.9. The van der Waals surface area contributed by atoms with Crippen LogP contribution >= 0.6 is 0 Å². The van der Waals surface area contributed by atoms with Crippen molar-refractivity contribution in [2.45, 2.75) is 12.8 Å². The van der Waals surface area contributed by atoms with Crippen LogP contribution in [0.2, 0.25) is 0 Å². The summed E-state index contributed by atoms with van der Waals surface area (Å²) in [5.41, 5.74) is 0. The Morgan fingerprint density at radius 3 is 2.62 bits per heavy atom. The molecule has 0 rings (SSSR count). The van der Waals surface area contributed by atoms with Crippen LogP contribution in [0.25, 0.3) is 0 Å². The van der Waals surface area contributed by atoms with E-state index in [0.717, 1.165) is 6.54 Å². The summed E-state index contributed by atoms with van der Waals surface area (Å²) >= 11 is 0. The second-order valence-electron chi connectivity index (χ2n) is 3.41. The maximum Gasteiger partial charge on any atom is 0.323 e. The van der Waals surface area contributed by atoms with Crippen LogP contribution in [0.4, 0.5) is 0 Å². The van der Waals surface area contributed by atoms with Crippen LogP contribution < -0.4 is 5.32 Å². The first-order chi connectivity index (χ1) is 7.61. The summed E-state index contributed by atoms with van der Waals surface area (Å²) in [6.07, 6.45) is 1.07. The lowest BCUT2D eigenvalue weighted by Gasteiger charge is -2.20. The molecule has 6 nitrogen and oxygen atoms in total. The second-order valence-corrected chi connectivity index (χ2v) is 3.41. The fourth-order valence-electron chi connectivity index (χ4n) is 1.23. The molecule has 0 aromatic rings. The molecule has 0 atom stereocenters. The Bertz CT molecular complexity index is 221. The molecular weight excluding hydrogens is 212 g/mol. The highest BCUT2D eigenvalue weighted by molar-refractivity contribution is 5.81. The summed E-state index contributed by atoms with van der Waals surface area (Å²) in [5.74, 6) is -1.15. The molecule has 16 heavy (non-hydrogen) atoms. The molecule has 0 aliphatic rings. The maximum atomic E-state index is 11.6. The number of nitrogens with one attached hydrogen (secondary N) is 1. The monoisotopic (exact) mass is 232 g/mol. The van der Waals surface area contributed by atoms with E-state index >= 15 is 0 Å². The Morgan fingerprint density at radius 2 is 2.12 bits per heavy atom. The van der Waals surface area contributed by atoms with E-state index < -0.39 is 5.97 Å². The van der Waals surface area contributed by atoms with E-state index in [1.165, 1.54) is 12.0 Å². The molecule has 0 saturated carbocycles. The zero-order chi connectivity index (χ0) is 12.4. The normalized spacial score (nSPS) is 10.1. The smallest absolute Gasteiger partial charge is 0.323 e. The number of carboxylic acids is 1. The van der Waals surface area contributed by atoms with E-state index in [2.05, 4.69) is 5.32 Å². The van der Waals surface area contributed by atoms with E-state index in [-0.39, 0.29) is 12.5 Å². The zero-order valence-electron chi connectivity index (χ0n) is 9.86. The third-order valence-electron chi connectivity index (χ3n) is 2.06. The molecule has 0 unspecified atom stereocenters. The van der Waals surface area contributed by atoms with Gasteiger partial charge in [-0.25, -0.2) is 0 Å². The van der Waals surface area contributed by atoms with E-state index in [1.807, 2.05) is 7.05 Å². The molecule has 94 valence electrons. The first-order valence-corrected chi connectivity index (χ1v) is 5.25. The number of amides is 1. The molecule has 0 aromatic carbocycles. The number of ether oxygens (including phenoxy) is 1. The van der Waals surface area contributed by atoms with Gasteiger partial charge in [0.05, 0.1) is 6.61 Å². The number of aliphatic carboxylic acids is 1. The molecule has 0 aromatic heterocycles. The van der Waals surface area contributed by atoms with Gasteiger partial charge in [-0.15, -0.1) is 0 Å². The molecule has 0 saturated heterocycles. The van der Waals surface area contributed by atoms with Gasteiger partial charge < -0.3 is 20.1 Å². The number of nitrogens with zero attached hydrogens (tertiary/aromatic N) is 1. The first-order valence-electron chi connectivity index (χ1n) is 5.25. The van der Waals surface area contributed by atoms with Crippen LogP contribution in [0.3, 0.4) is 0 Å². The van der Waals surface area contributed by atoms with Gasteiger partial charge in [0.15, 0.2) is 0 Å². The summed E-state index contributed by atoms with van der Waals surface area (Å²) in [6.45, 7) is 1.16. The predicted octanol–water partition coefficient (Wildman–Crippen LogP) is -0.454. The van der Waals surface area contributed by atoms with Crippen molar-refractivity contribution < 1.29 is 19.4 Å². The number of hydrogen-bond donors (Lipinski definition) is 2. The Kier molecular flexibility index (Phi) is 8.46. The molecule has 0 spiro atoms. The van der Waals surface area contributed by atoms with Crippen molar-refractivity contribution in [1.82, 2.24) is 10.2 Å². The van der Waals surface area contributed by atoms with Crippen molar-refractivity contribution in [1.29, 1.82) is 0 Å².